The van der Waals surface area contributed by atoms with Gasteiger partial charge in [-0.3, -0.25) is 14.4 Å². The molecular weight excluding hydrogens is 342 g/mol. The molecule has 27 heavy (non-hydrogen) atoms. The molecule has 3 N–H and O–H groups in total. The van der Waals surface area contributed by atoms with Crippen LogP contribution in [0.4, 0.5) is 11.4 Å². The van der Waals surface area contributed by atoms with Crippen LogP contribution in [0.2, 0.25) is 0 Å². The van der Waals surface area contributed by atoms with E-state index >= 15 is 0 Å². The molecule has 2 aromatic rings. The summed E-state index contributed by atoms with van der Waals surface area (Å²) in [6.07, 6.45) is 0.226. The zero-order valence-corrected chi connectivity index (χ0v) is 15.8. The summed E-state index contributed by atoms with van der Waals surface area (Å²) in [7, 11) is 0. The second-order valence-electron chi connectivity index (χ2n) is 6.66. The van der Waals surface area contributed by atoms with Crippen molar-refractivity contribution in [1.29, 1.82) is 0 Å². The lowest BCUT2D eigenvalue weighted by atomic mass is 10.1. The maximum Gasteiger partial charge on any atom is 0.243 e. The second kappa shape index (κ2) is 9.52. The Labute approximate surface area is 159 Å². The van der Waals surface area contributed by atoms with E-state index in [1.165, 1.54) is 0 Å². The summed E-state index contributed by atoms with van der Waals surface area (Å²) in [4.78, 5) is 35.9. The molecule has 6 nitrogen and oxygen atoms in total. The van der Waals surface area contributed by atoms with E-state index < -0.39 is 0 Å². The Balaban J connectivity index is 1.89. The van der Waals surface area contributed by atoms with Crippen LogP contribution in [-0.2, 0) is 20.8 Å². The highest BCUT2D eigenvalue weighted by molar-refractivity contribution is 5.97. The van der Waals surface area contributed by atoms with Gasteiger partial charge >= 0.3 is 0 Å². The normalized spacial score (nSPS) is 10.4. The molecule has 0 saturated heterocycles. The molecule has 0 heterocycles. The van der Waals surface area contributed by atoms with Gasteiger partial charge < -0.3 is 16.0 Å². The number of amides is 3. The lowest BCUT2D eigenvalue weighted by Gasteiger charge is -2.13. The molecule has 0 unspecified atom stereocenters. The number of benzene rings is 2. The number of rotatable bonds is 7. The lowest BCUT2D eigenvalue weighted by Crippen LogP contribution is -2.33. The Kier molecular flexibility index (Phi) is 7.11. The molecule has 0 aliphatic heterocycles. The van der Waals surface area contributed by atoms with Crippen molar-refractivity contribution in [1.82, 2.24) is 5.32 Å². The Hall–Kier alpha value is -3.15. The van der Waals surface area contributed by atoms with E-state index in [0.717, 1.165) is 11.1 Å². The molecular formula is C21H25N3O3. The number of nitrogens with one attached hydrogen (secondary N) is 3. The first-order valence-electron chi connectivity index (χ1n) is 8.87. The largest absolute Gasteiger partial charge is 0.347 e. The summed E-state index contributed by atoms with van der Waals surface area (Å²) in [5.41, 5.74) is 2.96. The highest BCUT2D eigenvalue weighted by Crippen LogP contribution is 2.20. The topological polar surface area (TPSA) is 87.3 Å². The molecule has 0 aliphatic carbocycles. The summed E-state index contributed by atoms with van der Waals surface area (Å²) >= 11 is 0. The van der Waals surface area contributed by atoms with Gasteiger partial charge in [-0.1, -0.05) is 50.2 Å². The van der Waals surface area contributed by atoms with Gasteiger partial charge in [0.25, 0.3) is 0 Å². The van der Waals surface area contributed by atoms with Crippen molar-refractivity contribution in [3.8, 4) is 0 Å². The molecule has 0 fully saturated rings. The lowest BCUT2D eigenvalue weighted by molar-refractivity contribution is -0.123. The second-order valence-corrected chi connectivity index (χ2v) is 6.66. The smallest absolute Gasteiger partial charge is 0.243 e. The van der Waals surface area contributed by atoms with E-state index in [9.17, 15) is 14.4 Å². The maximum atomic E-state index is 12.2. The van der Waals surface area contributed by atoms with Crippen LogP contribution in [0.25, 0.3) is 0 Å². The third-order valence-electron chi connectivity index (χ3n) is 3.96. The van der Waals surface area contributed by atoms with Gasteiger partial charge in [0.1, 0.15) is 0 Å². The fourth-order valence-electron chi connectivity index (χ4n) is 2.34. The zero-order valence-electron chi connectivity index (χ0n) is 15.8. The number of hydrogen-bond acceptors (Lipinski definition) is 3. The average Bonchev–Trinajstić information content (AvgIpc) is 2.63. The van der Waals surface area contributed by atoms with Crippen molar-refractivity contribution in [3.63, 3.8) is 0 Å². The van der Waals surface area contributed by atoms with E-state index in [1.807, 2.05) is 57.2 Å². The number of carbonyl (C=O) groups excluding carboxylic acids is 3. The third-order valence-corrected chi connectivity index (χ3v) is 3.96. The van der Waals surface area contributed by atoms with E-state index in [1.54, 1.807) is 12.1 Å². The fraction of sp³-hybridized carbons (Fsp3) is 0.286. The van der Waals surface area contributed by atoms with Crippen molar-refractivity contribution in [2.45, 2.75) is 27.2 Å². The van der Waals surface area contributed by atoms with Gasteiger partial charge in [0.2, 0.25) is 17.7 Å². The minimum Gasteiger partial charge on any atom is -0.347 e. The molecule has 3 amide bonds. The first-order valence-corrected chi connectivity index (χ1v) is 8.87. The Bertz CT molecular complexity index is 817. The van der Waals surface area contributed by atoms with E-state index in [0.29, 0.717) is 11.4 Å². The summed E-state index contributed by atoms with van der Waals surface area (Å²) in [6.45, 7) is 5.36. The predicted octanol–water partition coefficient (Wildman–Crippen LogP) is 2.89. The van der Waals surface area contributed by atoms with Crippen molar-refractivity contribution >= 4 is 29.1 Å². The summed E-state index contributed by atoms with van der Waals surface area (Å²) in [6, 6.07) is 14.6. The van der Waals surface area contributed by atoms with Crippen LogP contribution >= 0.6 is 0 Å². The number of anilines is 2. The summed E-state index contributed by atoms with van der Waals surface area (Å²) < 4.78 is 0. The number of carbonyl (C=O) groups is 3. The molecule has 2 aromatic carbocycles. The Morgan fingerprint density at radius 1 is 0.926 bits per heavy atom. The predicted molar refractivity (Wildman–Crippen MR) is 106 cm³/mol. The van der Waals surface area contributed by atoms with Gasteiger partial charge in [0.05, 0.1) is 13.0 Å². The maximum absolute atomic E-state index is 12.2. The summed E-state index contributed by atoms with van der Waals surface area (Å²) in [5.74, 6) is -0.772. The van der Waals surface area contributed by atoms with Gasteiger partial charge in [-0.25, -0.2) is 0 Å². The van der Waals surface area contributed by atoms with Crippen LogP contribution in [0.1, 0.15) is 25.0 Å². The average molecular weight is 367 g/mol. The molecule has 0 radical (unpaired) electrons. The van der Waals surface area contributed by atoms with Gasteiger partial charge in [0, 0.05) is 17.3 Å². The van der Waals surface area contributed by atoms with Gasteiger partial charge in [-0.15, -0.1) is 0 Å². The number of hydrogen-bond donors (Lipinski definition) is 3. The Morgan fingerprint density at radius 3 is 2.30 bits per heavy atom. The van der Waals surface area contributed by atoms with Crippen molar-refractivity contribution in [2.24, 2.45) is 5.92 Å². The minimum absolute atomic E-state index is 0.0932. The molecule has 0 saturated carbocycles. The van der Waals surface area contributed by atoms with E-state index in [-0.39, 0.29) is 36.6 Å². The third kappa shape index (κ3) is 6.58. The first-order chi connectivity index (χ1) is 12.8. The van der Waals surface area contributed by atoms with Crippen molar-refractivity contribution in [2.75, 3.05) is 17.2 Å². The van der Waals surface area contributed by atoms with Gasteiger partial charge in [-0.05, 0) is 30.2 Å². The van der Waals surface area contributed by atoms with Crippen LogP contribution in [0.15, 0.2) is 48.5 Å². The van der Waals surface area contributed by atoms with Crippen LogP contribution < -0.4 is 16.0 Å². The van der Waals surface area contributed by atoms with Crippen LogP contribution in [0, 0.1) is 12.8 Å². The molecule has 142 valence electrons. The number of aryl methyl sites for hydroxylation is 1. The molecule has 0 aliphatic rings. The van der Waals surface area contributed by atoms with E-state index in [2.05, 4.69) is 16.0 Å². The summed E-state index contributed by atoms with van der Waals surface area (Å²) in [5, 5.41) is 8.18. The molecule has 2 rings (SSSR count). The van der Waals surface area contributed by atoms with Crippen molar-refractivity contribution < 1.29 is 14.4 Å². The standard InChI is InChI=1S/C21H25N3O3/c1-14(2)21(27)23-17-10-9-15(3)18(12-17)24-20(26)13-22-19(25)11-16-7-5-4-6-8-16/h4-10,12,14H,11,13H2,1-3H3,(H,22,25)(H,23,27)(H,24,26). The SMILES string of the molecule is Cc1ccc(NC(=O)C(C)C)cc1NC(=O)CNC(=O)Cc1ccccc1. The molecule has 0 aromatic heterocycles. The van der Waals surface area contributed by atoms with Crippen molar-refractivity contribution in [3.05, 3.63) is 59.7 Å². The fourth-order valence-corrected chi connectivity index (χ4v) is 2.34. The quantitative estimate of drug-likeness (QED) is 0.703. The Morgan fingerprint density at radius 2 is 1.63 bits per heavy atom. The van der Waals surface area contributed by atoms with Gasteiger partial charge in [-0.2, -0.15) is 0 Å². The molecule has 0 bridgehead atoms. The zero-order chi connectivity index (χ0) is 19.8. The highest BCUT2D eigenvalue weighted by Gasteiger charge is 2.11. The highest BCUT2D eigenvalue weighted by atomic mass is 16.2. The molecule has 0 atom stereocenters. The molecule has 6 heteroatoms. The van der Waals surface area contributed by atoms with E-state index in [4.69, 9.17) is 0 Å². The minimum atomic E-state index is -0.327. The first kappa shape index (κ1) is 20.2. The molecule has 0 spiro atoms. The van der Waals surface area contributed by atoms with Gasteiger partial charge in [0.15, 0.2) is 0 Å². The monoisotopic (exact) mass is 367 g/mol. The van der Waals surface area contributed by atoms with Crippen LogP contribution in [0.5, 0.6) is 0 Å². The van der Waals surface area contributed by atoms with Crippen LogP contribution in [-0.4, -0.2) is 24.3 Å². The van der Waals surface area contributed by atoms with Crippen LogP contribution in [0.3, 0.4) is 0 Å².